The van der Waals surface area contributed by atoms with E-state index in [-0.39, 0.29) is 0 Å². The Hall–Kier alpha value is -0.160. The van der Waals surface area contributed by atoms with E-state index in [4.69, 9.17) is 9.47 Å². The first-order valence-corrected chi connectivity index (χ1v) is 9.06. The van der Waals surface area contributed by atoms with Crippen molar-refractivity contribution in [2.75, 3.05) is 46.1 Å². The summed E-state index contributed by atoms with van der Waals surface area (Å²) in [5, 5.41) is 3.90. The largest absolute Gasteiger partial charge is 0.381 e. The molecule has 122 valence electrons. The summed E-state index contributed by atoms with van der Waals surface area (Å²) in [4.78, 5) is 2.65. The maximum Gasteiger partial charge on any atom is 0.0594 e. The van der Waals surface area contributed by atoms with Gasteiger partial charge in [-0.3, -0.25) is 4.90 Å². The van der Waals surface area contributed by atoms with Crippen molar-refractivity contribution in [1.29, 1.82) is 0 Å². The van der Waals surface area contributed by atoms with Crippen LogP contribution in [-0.2, 0) is 9.47 Å². The Balaban J connectivity index is 1.53. The van der Waals surface area contributed by atoms with E-state index < -0.39 is 0 Å². The third kappa shape index (κ3) is 4.65. The van der Waals surface area contributed by atoms with Crippen LogP contribution in [0.3, 0.4) is 0 Å². The van der Waals surface area contributed by atoms with Crippen molar-refractivity contribution in [3.05, 3.63) is 0 Å². The molecule has 2 atom stereocenters. The van der Waals surface area contributed by atoms with E-state index in [0.717, 1.165) is 52.1 Å². The fourth-order valence-corrected chi connectivity index (χ4v) is 4.13. The molecule has 3 fully saturated rings. The number of hydrogen-bond acceptors (Lipinski definition) is 4. The molecule has 0 aromatic rings. The number of nitrogens with one attached hydrogen (secondary N) is 1. The van der Waals surface area contributed by atoms with E-state index in [9.17, 15) is 0 Å². The van der Waals surface area contributed by atoms with Gasteiger partial charge in [0.2, 0.25) is 0 Å². The lowest BCUT2D eigenvalue weighted by Crippen LogP contribution is -2.52. The highest BCUT2D eigenvalue weighted by molar-refractivity contribution is 4.86. The molecule has 1 saturated carbocycles. The molecule has 21 heavy (non-hydrogen) atoms. The molecule has 0 spiro atoms. The van der Waals surface area contributed by atoms with Gasteiger partial charge in [-0.15, -0.1) is 0 Å². The monoisotopic (exact) mass is 296 g/mol. The molecule has 2 saturated heterocycles. The second-order valence-corrected chi connectivity index (χ2v) is 6.94. The smallest absolute Gasteiger partial charge is 0.0594 e. The minimum atomic E-state index is 0.639. The molecule has 4 heteroatoms. The SMILES string of the molecule is C1CCCC(NC[C@@H]([C@@H]2CCOC2)N2CCOCC2)CC1. The Morgan fingerprint density at radius 1 is 0.905 bits per heavy atom. The summed E-state index contributed by atoms with van der Waals surface area (Å²) in [5.41, 5.74) is 0. The zero-order chi connectivity index (χ0) is 14.3. The summed E-state index contributed by atoms with van der Waals surface area (Å²) >= 11 is 0. The molecule has 1 N–H and O–H groups in total. The minimum Gasteiger partial charge on any atom is -0.381 e. The quantitative estimate of drug-likeness (QED) is 0.787. The number of ether oxygens (including phenoxy) is 2. The van der Waals surface area contributed by atoms with Crippen LogP contribution in [0.15, 0.2) is 0 Å². The van der Waals surface area contributed by atoms with E-state index in [1.54, 1.807) is 0 Å². The molecule has 0 aromatic heterocycles. The molecule has 0 bridgehead atoms. The molecule has 2 aliphatic heterocycles. The number of hydrogen-bond donors (Lipinski definition) is 1. The van der Waals surface area contributed by atoms with Gasteiger partial charge in [0.15, 0.2) is 0 Å². The highest BCUT2D eigenvalue weighted by Crippen LogP contribution is 2.23. The van der Waals surface area contributed by atoms with Crippen molar-refractivity contribution in [1.82, 2.24) is 10.2 Å². The lowest BCUT2D eigenvalue weighted by molar-refractivity contribution is 0.000708. The average molecular weight is 296 g/mol. The lowest BCUT2D eigenvalue weighted by atomic mass is 9.96. The fraction of sp³-hybridized carbons (Fsp3) is 1.00. The molecule has 0 aromatic carbocycles. The molecule has 3 aliphatic rings. The zero-order valence-electron chi connectivity index (χ0n) is 13.4. The second-order valence-electron chi connectivity index (χ2n) is 6.94. The van der Waals surface area contributed by atoms with Gasteiger partial charge >= 0.3 is 0 Å². The van der Waals surface area contributed by atoms with E-state index in [2.05, 4.69) is 10.2 Å². The van der Waals surface area contributed by atoms with E-state index in [1.165, 1.54) is 44.9 Å². The summed E-state index contributed by atoms with van der Waals surface area (Å²) in [7, 11) is 0. The minimum absolute atomic E-state index is 0.639. The van der Waals surface area contributed by atoms with Crippen LogP contribution in [-0.4, -0.2) is 63.0 Å². The zero-order valence-corrected chi connectivity index (χ0v) is 13.4. The van der Waals surface area contributed by atoms with Crippen LogP contribution >= 0.6 is 0 Å². The third-order valence-corrected chi connectivity index (χ3v) is 5.49. The summed E-state index contributed by atoms with van der Waals surface area (Å²) in [6, 6.07) is 1.39. The third-order valence-electron chi connectivity index (χ3n) is 5.49. The van der Waals surface area contributed by atoms with Gasteiger partial charge in [0.1, 0.15) is 0 Å². The number of nitrogens with zero attached hydrogens (tertiary/aromatic N) is 1. The maximum absolute atomic E-state index is 5.66. The normalized spacial score (nSPS) is 31.1. The molecule has 1 aliphatic carbocycles. The average Bonchev–Trinajstić information content (AvgIpc) is 2.92. The second kappa shape index (κ2) is 8.47. The Morgan fingerprint density at radius 2 is 1.67 bits per heavy atom. The van der Waals surface area contributed by atoms with Crippen LogP contribution < -0.4 is 5.32 Å². The van der Waals surface area contributed by atoms with Crippen LogP contribution in [0.2, 0.25) is 0 Å². The van der Waals surface area contributed by atoms with Crippen LogP contribution in [0.5, 0.6) is 0 Å². The Kier molecular flexibility index (Phi) is 6.34. The van der Waals surface area contributed by atoms with Gasteiger partial charge in [0, 0.05) is 44.2 Å². The maximum atomic E-state index is 5.66. The van der Waals surface area contributed by atoms with Gasteiger partial charge in [0.25, 0.3) is 0 Å². The highest BCUT2D eigenvalue weighted by Gasteiger charge is 2.31. The van der Waals surface area contributed by atoms with E-state index in [0.29, 0.717) is 12.0 Å². The number of rotatable bonds is 5. The molecule has 2 heterocycles. The van der Waals surface area contributed by atoms with Crippen molar-refractivity contribution in [3.8, 4) is 0 Å². The van der Waals surface area contributed by atoms with Crippen LogP contribution in [0, 0.1) is 5.92 Å². The van der Waals surface area contributed by atoms with Crippen molar-refractivity contribution in [2.24, 2.45) is 5.92 Å². The van der Waals surface area contributed by atoms with Gasteiger partial charge < -0.3 is 14.8 Å². The molecule has 0 amide bonds. The van der Waals surface area contributed by atoms with Gasteiger partial charge in [-0.25, -0.2) is 0 Å². The summed E-state index contributed by atoms with van der Waals surface area (Å²) < 4.78 is 11.2. The molecular weight excluding hydrogens is 264 g/mol. The van der Waals surface area contributed by atoms with Crippen molar-refractivity contribution < 1.29 is 9.47 Å². The lowest BCUT2D eigenvalue weighted by Gasteiger charge is -2.38. The fourth-order valence-electron chi connectivity index (χ4n) is 4.13. The van der Waals surface area contributed by atoms with Gasteiger partial charge in [-0.05, 0) is 19.3 Å². The van der Waals surface area contributed by atoms with Crippen molar-refractivity contribution >= 4 is 0 Å². The Bertz CT molecular complexity index is 281. The molecule has 4 nitrogen and oxygen atoms in total. The predicted molar refractivity (Wildman–Crippen MR) is 84.6 cm³/mol. The van der Waals surface area contributed by atoms with Crippen LogP contribution in [0.1, 0.15) is 44.9 Å². The Labute approximate surface area is 129 Å². The topological polar surface area (TPSA) is 33.7 Å². The van der Waals surface area contributed by atoms with Crippen LogP contribution in [0.25, 0.3) is 0 Å². The first-order valence-electron chi connectivity index (χ1n) is 9.06. The van der Waals surface area contributed by atoms with E-state index >= 15 is 0 Å². The molecule has 0 radical (unpaired) electrons. The van der Waals surface area contributed by atoms with Crippen molar-refractivity contribution in [2.45, 2.75) is 57.0 Å². The highest BCUT2D eigenvalue weighted by atomic mass is 16.5. The molecular formula is C17H32N2O2. The van der Waals surface area contributed by atoms with Gasteiger partial charge in [0.05, 0.1) is 19.8 Å². The van der Waals surface area contributed by atoms with Gasteiger partial charge in [-0.2, -0.15) is 0 Å². The van der Waals surface area contributed by atoms with Crippen LogP contribution in [0.4, 0.5) is 0 Å². The summed E-state index contributed by atoms with van der Waals surface area (Å²) in [6.45, 7) is 7.02. The first-order chi connectivity index (χ1) is 10.4. The Morgan fingerprint density at radius 3 is 2.33 bits per heavy atom. The van der Waals surface area contributed by atoms with Gasteiger partial charge in [-0.1, -0.05) is 25.7 Å². The van der Waals surface area contributed by atoms with Crippen molar-refractivity contribution in [3.63, 3.8) is 0 Å². The standard InChI is InChI=1S/C17H32N2O2/c1-2-4-6-16(5-3-1)18-13-17(15-7-10-21-14-15)19-8-11-20-12-9-19/h15-18H,1-14H2/t15-,17+/m1/s1. The number of morpholine rings is 1. The summed E-state index contributed by atoms with van der Waals surface area (Å²) in [6.07, 6.45) is 9.66. The predicted octanol–water partition coefficient (Wildman–Crippen LogP) is 2.04. The molecule has 0 unspecified atom stereocenters. The van der Waals surface area contributed by atoms with E-state index in [1.807, 2.05) is 0 Å². The molecule has 3 rings (SSSR count). The summed E-state index contributed by atoms with van der Waals surface area (Å²) in [5.74, 6) is 0.710. The first kappa shape index (κ1) is 15.7.